The van der Waals surface area contributed by atoms with Gasteiger partial charge in [-0.05, 0) is 44.0 Å². The van der Waals surface area contributed by atoms with Crippen molar-refractivity contribution in [3.05, 3.63) is 66.1 Å². The Morgan fingerprint density at radius 3 is 2.71 bits per heavy atom. The Bertz CT molecular complexity index is 1080. The van der Waals surface area contributed by atoms with Gasteiger partial charge >= 0.3 is 12.1 Å². The number of hydrogen-bond donors (Lipinski definition) is 1. The van der Waals surface area contributed by atoms with Gasteiger partial charge in [0.25, 0.3) is 0 Å². The van der Waals surface area contributed by atoms with Crippen molar-refractivity contribution in [3.8, 4) is 23.0 Å². The predicted octanol–water partition coefficient (Wildman–Crippen LogP) is 4.28. The second kappa shape index (κ2) is 8.91. The molecule has 2 aromatic carbocycles. The maximum Gasteiger partial charge on any atom is 0.415 e. The Kier molecular flexibility index (Phi) is 5.88. The van der Waals surface area contributed by atoms with Gasteiger partial charge in [0.2, 0.25) is 5.89 Å². The van der Waals surface area contributed by atoms with E-state index in [4.69, 9.17) is 13.9 Å². The smallest absolute Gasteiger partial charge is 0.415 e. The number of rotatable bonds is 6. The summed E-state index contributed by atoms with van der Waals surface area (Å²) in [5.74, 6) is 0.933. The summed E-state index contributed by atoms with van der Waals surface area (Å²) in [6.07, 6.45) is 0.384. The number of benzene rings is 2. The molecule has 4 rings (SSSR count). The van der Waals surface area contributed by atoms with E-state index in [9.17, 15) is 14.7 Å². The first kappa shape index (κ1) is 20.5. The van der Waals surface area contributed by atoms with Gasteiger partial charge in [-0.15, -0.1) is 0 Å². The van der Waals surface area contributed by atoms with Crippen LogP contribution < -0.4 is 9.47 Å². The number of nitrogens with zero attached hydrogens (tertiary/aromatic N) is 2. The third-order valence-corrected chi connectivity index (χ3v) is 5.07. The van der Waals surface area contributed by atoms with Crippen LogP contribution in [0.25, 0.3) is 11.5 Å². The van der Waals surface area contributed by atoms with Crippen LogP contribution in [-0.2, 0) is 11.4 Å². The van der Waals surface area contributed by atoms with Gasteiger partial charge in [-0.2, -0.15) is 0 Å². The van der Waals surface area contributed by atoms with Gasteiger partial charge in [-0.25, -0.2) is 14.6 Å². The Morgan fingerprint density at radius 2 is 1.94 bits per heavy atom. The molecule has 1 aromatic heterocycles. The highest BCUT2D eigenvalue weighted by Crippen LogP contribution is 2.25. The molecule has 1 aliphatic heterocycles. The molecule has 8 heteroatoms. The van der Waals surface area contributed by atoms with Crippen LogP contribution in [-0.4, -0.2) is 39.6 Å². The molecule has 0 bridgehead atoms. The SMILES string of the molecule is Cc1oc(-c2ccccc2)nc1COc1cccc(OC(=O)N2CCC[C@@H]2C(=O)O)c1. The summed E-state index contributed by atoms with van der Waals surface area (Å²) in [7, 11) is 0. The molecule has 0 radical (unpaired) electrons. The number of likely N-dealkylation sites (tertiary alicyclic amines) is 1. The molecule has 0 spiro atoms. The minimum Gasteiger partial charge on any atom is -0.487 e. The number of carbonyl (C=O) groups excluding carboxylic acids is 1. The van der Waals surface area contributed by atoms with Gasteiger partial charge in [0.15, 0.2) is 0 Å². The molecule has 1 fully saturated rings. The summed E-state index contributed by atoms with van der Waals surface area (Å²) >= 11 is 0. The number of carboxylic acids is 1. The summed E-state index contributed by atoms with van der Waals surface area (Å²) < 4.78 is 16.9. The molecule has 2 heterocycles. The lowest BCUT2D eigenvalue weighted by Crippen LogP contribution is -2.41. The van der Waals surface area contributed by atoms with Crippen molar-refractivity contribution in [1.82, 2.24) is 9.88 Å². The Balaban J connectivity index is 1.40. The van der Waals surface area contributed by atoms with E-state index in [2.05, 4.69) is 4.98 Å². The van der Waals surface area contributed by atoms with E-state index >= 15 is 0 Å². The van der Waals surface area contributed by atoms with E-state index in [0.29, 0.717) is 42.5 Å². The molecular formula is C23H22N2O6. The highest BCUT2D eigenvalue weighted by Gasteiger charge is 2.35. The number of aliphatic carboxylic acids is 1. The highest BCUT2D eigenvalue weighted by molar-refractivity contribution is 5.81. The molecule has 0 aliphatic carbocycles. The molecule has 31 heavy (non-hydrogen) atoms. The average Bonchev–Trinajstić information content (AvgIpc) is 3.40. The molecule has 1 aliphatic rings. The fraction of sp³-hybridized carbons (Fsp3) is 0.261. The van der Waals surface area contributed by atoms with Crippen LogP contribution >= 0.6 is 0 Å². The topological polar surface area (TPSA) is 102 Å². The summed E-state index contributed by atoms with van der Waals surface area (Å²) in [5.41, 5.74) is 1.55. The number of ether oxygens (including phenoxy) is 2. The fourth-order valence-electron chi connectivity index (χ4n) is 3.45. The van der Waals surface area contributed by atoms with Crippen LogP contribution in [0.3, 0.4) is 0 Å². The second-order valence-corrected chi connectivity index (χ2v) is 7.21. The predicted molar refractivity (Wildman–Crippen MR) is 111 cm³/mol. The van der Waals surface area contributed by atoms with Crippen LogP contribution in [0.2, 0.25) is 0 Å². The fourth-order valence-corrected chi connectivity index (χ4v) is 3.45. The van der Waals surface area contributed by atoms with Crippen LogP contribution in [0.5, 0.6) is 11.5 Å². The van der Waals surface area contributed by atoms with Crippen molar-refractivity contribution in [2.45, 2.75) is 32.4 Å². The van der Waals surface area contributed by atoms with E-state index in [0.717, 1.165) is 5.56 Å². The van der Waals surface area contributed by atoms with E-state index < -0.39 is 18.1 Å². The van der Waals surface area contributed by atoms with Crippen LogP contribution in [0.1, 0.15) is 24.3 Å². The first-order chi connectivity index (χ1) is 15.0. The van der Waals surface area contributed by atoms with E-state index in [1.165, 1.54) is 4.90 Å². The number of amides is 1. The molecule has 0 unspecified atom stereocenters. The molecule has 1 atom stereocenters. The number of carboxylic acid groups (broad SMARTS) is 1. The van der Waals surface area contributed by atoms with Crippen molar-refractivity contribution < 1.29 is 28.6 Å². The zero-order chi connectivity index (χ0) is 21.8. The number of carbonyl (C=O) groups is 2. The molecule has 3 aromatic rings. The lowest BCUT2D eigenvalue weighted by Gasteiger charge is -2.20. The maximum absolute atomic E-state index is 12.4. The number of aromatic nitrogens is 1. The largest absolute Gasteiger partial charge is 0.487 e. The van der Waals surface area contributed by atoms with Gasteiger partial charge in [-0.3, -0.25) is 4.90 Å². The Labute approximate surface area is 179 Å². The first-order valence-corrected chi connectivity index (χ1v) is 9.97. The quantitative estimate of drug-likeness (QED) is 0.633. The van der Waals surface area contributed by atoms with Gasteiger partial charge in [-0.1, -0.05) is 24.3 Å². The zero-order valence-electron chi connectivity index (χ0n) is 17.0. The number of aryl methyl sites for hydroxylation is 1. The van der Waals surface area contributed by atoms with E-state index in [-0.39, 0.29) is 12.4 Å². The third kappa shape index (κ3) is 4.69. The van der Waals surface area contributed by atoms with Crippen molar-refractivity contribution in [1.29, 1.82) is 0 Å². The molecule has 0 saturated carbocycles. The van der Waals surface area contributed by atoms with Gasteiger partial charge in [0.1, 0.15) is 35.6 Å². The van der Waals surface area contributed by atoms with Crippen molar-refractivity contribution in [3.63, 3.8) is 0 Å². The van der Waals surface area contributed by atoms with E-state index in [1.54, 1.807) is 24.3 Å². The van der Waals surface area contributed by atoms with Crippen molar-refractivity contribution in [2.75, 3.05) is 6.54 Å². The first-order valence-electron chi connectivity index (χ1n) is 9.97. The summed E-state index contributed by atoms with van der Waals surface area (Å²) in [5, 5.41) is 9.23. The zero-order valence-corrected chi connectivity index (χ0v) is 17.0. The second-order valence-electron chi connectivity index (χ2n) is 7.21. The normalized spacial score (nSPS) is 15.6. The Morgan fingerprint density at radius 1 is 1.16 bits per heavy atom. The lowest BCUT2D eigenvalue weighted by molar-refractivity contribution is -0.141. The molecule has 1 saturated heterocycles. The van der Waals surface area contributed by atoms with Crippen LogP contribution in [0, 0.1) is 6.92 Å². The molecular weight excluding hydrogens is 400 g/mol. The maximum atomic E-state index is 12.4. The van der Waals surface area contributed by atoms with Gasteiger partial charge < -0.3 is 19.0 Å². The highest BCUT2D eigenvalue weighted by atomic mass is 16.6. The minimum atomic E-state index is -1.02. The summed E-state index contributed by atoms with van der Waals surface area (Å²) in [4.78, 5) is 29.4. The monoisotopic (exact) mass is 422 g/mol. The Hall–Kier alpha value is -3.81. The van der Waals surface area contributed by atoms with Crippen LogP contribution in [0.4, 0.5) is 4.79 Å². The van der Waals surface area contributed by atoms with Gasteiger partial charge in [0.05, 0.1) is 0 Å². The standard InChI is InChI=1S/C23H22N2O6/c1-15-19(24-21(30-15)16-7-3-2-4-8-16)14-29-17-9-5-10-18(13-17)31-23(28)25-12-6-11-20(25)22(26)27/h2-5,7-10,13,20H,6,11-12,14H2,1H3,(H,26,27)/t20-/m1/s1. The molecule has 8 nitrogen and oxygen atoms in total. The molecule has 1 N–H and O–H groups in total. The van der Waals surface area contributed by atoms with Crippen molar-refractivity contribution >= 4 is 12.1 Å². The van der Waals surface area contributed by atoms with E-state index in [1.807, 2.05) is 37.3 Å². The minimum absolute atomic E-state index is 0.187. The average molecular weight is 422 g/mol. The summed E-state index contributed by atoms with van der Waals surface area (Å²) in [6.45, 7) is 2.37. The molecule has 160 valence electrons. The third-order valence-electron chi connectivity index (χ3n) is 5.07. The summed E-state index contributed by atoms with van der Waals surface area (Å²) in [6, 6.07) is 15.4. The number of hydrogen-bond acceptors (Lipinski definition) is 6. The number of oxazole rings is 1. The van der Waals surface area contributed by atoms with Gasteiger partial charge in [0, 0.05) is 18.2 Å². The van der Waals surface area contributed by atoms with Crippen molar-refractivity contribution in [2.24, 2.45) is 0 Å². The van der Waals surface area contributed by atoms with Crippen LogP contribution in [0.15, 0.2) is 59.0 Å². The lowest BCUT2D eigenvalue weighted by atomic mass is 10.2. The molecule has 1 amide bonds.